The van der Waals surface area contributed by atoms with Crippen LogP contribution in [0.5, 0.6) is 0 Å². The number of fused-ring (bicyclic) bond motifs is 3. The van der Waals surface area contributed by atoms with Crippen molar-refractivity contribution < 1.29 is 24.5 Å². The van der Waals surface area contributed by atoms with Crippen LogP contribution in [0.1, 0.15) is 16.7 Å². The van der Waals surface area contributed by atoms with Gasteiger partial charge in [0, 0.05) is 37.9 Å². The minimum absolute atomic E-state index is 0. The third-order valence-electron chi connectivity index (χ3n) is 7.54. The van der Waals surface area contributed by atoms with Crippen molar-refractivity contribution >= 4 is 35.2 Å². The van der Waals surface area contributed by atoms with Gasteiger partial charge in [-0.1, -0.05) is 98.7 Å². The molecule has 0 aliphatic rings. The Balaban J connectivity index is 0.000000187. The first-order valence-corrected chi connectivity index (χ1v) is 18.1. The first-order chi connectivity index (χ1) is 20.8. The maximum atomic E-state index is 5.89. The van der Waals surface area contributed by atoms with Crippen LogP contribution in [0.25, 0.3) is 44.5 Å². The van der Waals surface area contributed by atoms with Gasteiger partial charge < -0.3 is 14.4 Å². The predicted molar refractivity (Wildman–Crippen MR) is 181 cm³/mol. The van der Waals surface area contributed by atoms with Gasteiger partial charge in [-0.05, 0) is 46.3 Å². The van der Waals surface area contributed by atoms with Crippen LogP contribution >= 0.6 is 0 Å². The second-order valence-electron chi connectivity index (χ2n) is 11.9. The number of para-hydroxylation sites is 1. The van der Waals surface area contributed by atoms with Gasteiger partial charge in [0.05, 0.1) is 13.7 Å². The van der Waals surface area contributed by atoms with Gasteiger partial charge in [0.2, 0.25) is 0 Å². The van der Waals surface area contributed by atoms with Crippen molar-refractivity contribution in [2.75, 3.05) is 0 Å². The maximum absolute atomic E-state index is 5.89. The summed E-state index contributed by atoms with van der Waals surface area (Å²) in [6.45, 7) is 9.08. The van der Waals surface area contributed by atoms with Gasteiger partial charge in [-0.3, -0.25) is 0 Å². The van der Waals surface area contributed by atoms with E-state index < -0.39 is 8.07 Å². The molecule has 0 bridgehead atoms. The number of rotatable bonds is 5. The Morgan fingerprint density at radius 1 is 0.659 bits per heavy atom. The fourth-order valence-corrected chi connectivity index (χ4v) is 6.07. The van der Waals surface area contributed by atoms with Gasteiger partial charge in [0.1, 0.15) is 5.58 Å². The van der Waals surface area contributed by atoms with Gasteiger partial charge >= 0.3 is 0 Å². The van der Waals surface area contributed by atoms with Crippen LogP contribution in [-0.4, -0.2) is 18.0 Å². The minimum Gasteiger partial charge on any atom is -0.500 e. The molecule has 4 aromatic carbocycles. The fourth-order valence-electron chi connectivity index (χ4n) is 5.04. The molecule has 221 valence electrons. The zero-order valence-electron chi connectivity index (χ0n) is 25.4. The summed E-state index contributed by atoms with van der Waals surface area (Å²) in [6, 6.07) is 43.9. The zero-order valence-corrected chi connectivity index (χ0v) is 28.8. The molecule has 0 atom stereocenters. The van der Waals surface area contributed by atoms with Crippen LogP contribution in [0.2, 0.25) is 19.6 Å². The second-order valence-corrected chi connectivity index (χ2v) is 17.0. The van der Waals surface area contributed by atoms with Crippen LogP contribution < -0.4 is 5.19 Å². The van der Waals surface area contributed by atoms with Crippen LogP contribution in [0.15, 0.2) is 126 Å². The monoisotopic (exact) mass is 767 g/mol. The van der Waals surface area contributed by atoms with Gasteiger partial charge in [0.15, 0.2) is 0 Å². The van der Waals surface area contributed by atoms with Crippen molar-refractivity contribution in [2.45, 2.75) is 33.0 Å². The van der Waals surface area contributed by atoms with Crippen molar-refractivity contribution in [3.05, 3.63) is 150 Å². The molecular formula is C39H34IrN2OSi-2. The largest absolute Gasteiger partial charge is 0.500 e. The van der Waals surface area contributed by atoms with Crippen molar-refractivity contribution in [2.24, 2.45) is 0 Å². The molecule has 0 fully saturated rings. The summed E-state index contributed by atoms with van der Waals surface area (Å²) in [7, 11) is -1.24. The number of aromatic nitrogens is 2. The van der Waals surface area contributed by atoms with E-state index >= 15 is 0 Å². The molecule has 0 spiro atoms. The smallest absolute Gasteiger partial charge is 0.120 e. The summed E-state index contributed by atoms with van der Waals surface area (Å²) in [5.41, 5.74) is 9.52. The zero-order chi connectivity index (χ0) is 29.8. The van der Waals surface area contributed by atoms with E-state index in [0.717, 1.165) is 50.9 Å². The van der Waals surface area contributed by atoms with Gasteiger partial charge in [-0.2, -0.15) is 0 Å². The van der Waals surface area contributed by atoms with Gasteiger partial charge in [0.25, 0.3) is 0 Å². The Bertz CT molecular complexity index is 1980. The SMILES string of the molecule is Cc1c[c-]c(-c2ccc([Si](C)(C)C)cn2)cc1.[Ir].[c-]1cc2oc3ccccc3c2cc1-c1cc(Cc2ccccc2)ccn1. The first-order valence-electron chi connectivity index (χ1n) is 14.6. The molecule has 3 aromatic heterocycles. The van der Waals surface area contributed by atoms with Crippen molar-refractivity contribution in [3.8, 4) is 22.5 Å². The summed E-state index contributed by atoms with van der Waals surface area (Å²) in [5.74, 6) is 0. The standard InChI is InChI=1S/C24H16NO.C15H18NSi.Ir/c1-2-6-17(7-3-1)14-18-12-13-25-22(15-18)19-10-11-24-21(16-19)20-8-4-5-9-23(20)26-24;1-12-5-7-13(8-6-12)15-10-9-14(11-16-15)17(2,3)4;/h1-9,11-13,15-16H,14H2;5-7,9-11H,1-4H3;/q2*-1;. The maximum Gasteiger partial charge on any atom is 0.120 e. The molecule has 5 heteroatoms. The van der Waals surface area contributed by atoms with Crippen LogP contribution in [0.3, 0.4) is 0 Å². The Morgan fingerprint density at radius 2 is 1.43 bits per heavy atom. The number of aryl methyl sites for hydroxylation is 1. The van der Waals surface area contributed by atoms with Crippen LogP contribution in [0, 0.1) is 19.1 Å². The number of furan rings is 1. The van der Waals surface area contributed by atoms with Crippen LogP contribution in [0.4, 0.5) is 0 Å². The molecule has 7 aromatic rings. The Hall–Kier alpha value is -4.15. The number of pyridine rings is 2. The molecule has 0 amide bonds. The Morgan fingerprint density at radius 3 is 2.16 bits per heavy atom. The summed E-state index contributed by atoms with van der Waals surface area (Å²) in [4.78, 5) is 9.11. The predicted octanol–water partition coefficient (Wildman–Crippen LogP) is 9.44. The molecule has 44 heavy (non-hydrogen) atoms. The Labute approximate surface area is 274 Å². The minimum atomic E-state index is -1.24. The molecule has 0 saturated carbocycles. The summed E-state index contributed by atoms with van der Waals surface area (Å²) in [6.07, 6.45) is 4.79. The molecular weight excluding hydrogens is 733 g/mol. The molecule has 0 aliphatic carbocycles. The van der Waals surface area contributed by atoms with Gasteiger partial charge in [-0.15, -0.1) is 59.2 Å². The Kier molecular flexibility index (Phi) is 9.70. The second kappa shape index (κ2) is 13.6. The third kappa shape index (κ3) is 7.31. The number of nitrogens with zero attached hydrogens (tertiary/aromatic N) is 2. The van der Waals surface area contributed by atoms with E-state index in [2.05, 4.69) is 121 Å². The van der Waals surface area contributed by atoms with Crippen molar-refractivity contribution in [1.82, 2.24) is 9.97 Å². The van der Waals surface area contributed by atoms with E-state index in [9.17, 15) is 0 Å². The van der Waals surface area contributed by atoms with Crippen molar-refractivity contribution in [1.29, 1.82) is 0 Å². The van der Waals surface area contributed by atoms with E-state index in [1.165, 1.54) is 21.9 Å². The molecule has 0 aliphatic heterocycles. The fraction of sp³-hybridized carbons (Fsp3) is 0.128. The topological polar surface area (TPSA) is 38.9 Å². The van der Waals surface area contributed by atoms with E-state index in [-0.39, 0.29) is 20.1 Å². The number of benzene rings is 4. The number of hydrogen-bond donors (Lipinski definition) is 0. The van der Waals surface area contributed by atoms with E-state index in [4.69, 9.17) is 4.42 Å². The molecule has 1 radical (unpaired) electrons. The average Bonchev–Trinajstić information content (AvgIpc) is 3.40. The number of hydrogen-bond acceptors (Lipinski definition) is 3. The quantitative estimate of drug-likeness (QED) is 0.130. The third-order valence-corrected chi connectivity index (χ3v) is 9.56. The molecule has 3 heterocycles. The normalized spacial score (nSPS) is 11.1. The summed E-state index contributed by atoms with van der Waals surface area (Å²) in [5, 5.41) is 3.62. The molecule has 3 nitrogen and oxygen atoms in total. The van der Waals surface area contributed by atoms with E-state index in [0.29, 0.717) is 0 Å². The van der Waals surface area contributed by atoms with Crippen molar-refractivity contribution in [3.63, 3.8) is 0 Å². The van der Waals surface area contributed by atoms with Gasteiger partial charge in [-0.25, -0.2) is 0 Å². The summed E-state index contributed by atoms with van der Waals surface area (Å²) < 4.78 is 5.89. The van der Waals surface area contributed by atoms with E-state index in [1.807, 2.05) is 48.8 Å². The van der Waals surface area contributed by atoms with Crippen LogP contribution in [-0.2, 0) is 26.5 Å². The molecule has 0 unspecified atom stereocenters. The molecule has 7 rings (SSSR count). The average molecular weight is 767 g/mol. The first kappa shape index (κ1) is 31.3. The molecule has 0 saturated heterocycles. The summed E-state index contributed by atoms with van der Waals surface area (Å²) >= 11 is 0. The molecule has 0 N–H and O–H groups in total. The van der Waals surface area contributed by atoms with E-state index in [1.54, 1.807) is 0 Å².